The lowest BCUT2D eigenvalue weighted by atomic mass is 9.97. The van der Waals surface area contributed by atoms with Crippen LogP contribution in [0.5, 0.6) is 28.7 Å². The largest absolute Gasteiger partial charge is 0.507 e. The van der Waals surface area contributed by atoms with Gasteiger partial charge in [0.05, 0.1) is 32.3 Å². The van der Waals surface area contributed by atoms with Crippen LogP contribution in [0.3, 0.4) is 0 Å². The van der Waals surface area contributed by atoms with Gasteiger partial charge in [0.1, 0.15) is 28.7 Å². The number of hydrogen-bond acceptors (Lipinski definition) is 8. The fourth-order valence-electron chi connectivity index (χ4n) is 4.28. The van der Waals surface area contributed by atoms with Gasteiger partial charge in [-0.1, -0.05) is 0 Å². The minimum atomic E-state index is -0.659. The molecule has 0 atom stereocenters. The molecule has 1 saturated heterocycles. The summed E-state index contributed by atoms with van der Waals surface area (Å²) >= 11 is 0. The minimum Gasteiger partial charge on any atom is -0.507 e. The lowest BCUT2D eigenvalue weighted by Gasteiger charge is -2.33. The van der Waals surface area contributed by atoms with E-state index in [4.69, 9.17) is 9.98 Å². The first-order chi connectivity index (χ1) is 13.3. The number of nitrogens with zero attached hydrogens (tertiary/aromatic N) is 3. The van der Waals surface area contributed by atoms with Crippen LogP contribution in [0.1, 0.15) is 12.8 Å². The summed E-state index contributed by atoms with van der Waals surface area (Å²) in [5.74, 6) is -1.71. The van der Waals surface area contributed by atoms with E-state index in [0.717, 1.165) is 13.1 Å². The minimum absolute atomic E-state index is 0.0337. The third kappa shape index (κ3) is 2.09. The van der Waals surface area contributed by atoms with Crippen LogP contribution >= 0.6 is 0 Å². The second-order valence-electron chi connectivity index (χ2n) is 7.57. The number of benzene rings is 3. The number of fused-ring (bicyclic) bond motifs is 4. The first kappa shape index (κ1) is 16.9. The number of piperidine rings is 1. The standard InChI is InChI=1S/C20H19N3O5/c1-23-6-4-20(5-7-23)21-9-8-12(26)15-16(17(9)22-20)19(28)14-11(25)3-2-10(24)13(14)18(15)27/h2-3,8,24-28H,4-7H2,1H3. The summed E-state index contributed by atoms with van der Waals surface area (Å²) in [6, 6.07) is 3.85. The molecule has 0 aliphatic carbocycles. The van der Waals surface area contributed by atoms with Gasteiger partial charge < -0.3 is 30.4 Å². The van der Waals surface area contributed by atoms with Crippen LogP contribution in [-0.4, -0.2) is 56.2 Å². The van der Waals surface area contributed by atoms with Gasteiger partial charge in [0.2, 0.25) is 0 Å². The van der Waals surface area contributed by atoms with Gasteiger partial charge in [-0.3, -0.25) is 9.98 Å². The molecule has 28 heavy (non-hydrogen) atoms. The molecule has 3 aromatic rings. The molecule has 8 heteroatoms. The Morgan fingerprint density at radius 1 is 0.786 bits per heavy atom. The van der Waals surface area contributed by atoms with Gasteiger partial charge in [-0.15, -0.1) is 0 Å². The van der Waals surface area contributed by atoms with Gasteiger partial charge in [-0.25, -0.2) is 0 Å². The summed E-state index contributed by atoms with van der Waals surface area (Å²) in [5.41, 5.74) is -0.659. The monoisotopic (exact) mass is 381 g/mol. The highest BCUT2D eigenvalue weighted by Crippen LogP contribution is 2.49. The summed E-state index contributed by atoms with van der Waals surface area (Å²) < 4.78 is 0. The van der Waals surface area contributed by atoms with Crippen LogP contribution in [0.2, 0.25) is 0 Å². The topological polar surface area (TPSA) is 129 Å². The summed E-state index contributed by atoms with van der Waals surface area (Å²) in [6.07, 6.45) is 1.40. The number of hydrogen-bond donors (Lipinski definition) is 5. The van der Waals surface area contributed by atoms with Crippen molar-refractivity contribution in [2.24, 2.45) is 9.98 Å². The molecule has 0 saturated carbocycles. The van der Waals surface area contributed by atoms with E-state index in [1.54, 1.807) is 0 Å². The number of phenols is 5. The van der Waals surface area contributed by atoms with Crippen molar-refractivity contribution in [3.05, 3.63) is 28.9 Å². The molecule has 0 amide bonds. The number of phenolic OH excluding ortho intramolecular Hbond substituents is 5. The van der Waals surface area contributed by atoms with Crippen LogP contribution in [0, 0.1) is 0 Å². The molecule has 5 N–H and O–H groups in total. The summed E-state index contributed by atoms with van der Waals surface area (Å²) in [4.78, 5) is 11.7. The maximum atomic E-state index is 11.0. The van der Waals surface area contributed by atoms with E-state index < -0.39 is 11.4 Å². The fraction of sp³-hybridized carbons (Fsp3) is 0.300. The van der Waals surface area contributed by atoms with Gasteiger partial charge in [0.15, 0.2) is 5.66 Å². The highest BCUT2D eigenvalue weighted by molar-refractivity contribution is 6.16. The average Bonchev–Trinajstić information content (AvgIpc) is 3.01. The lowest BCUT2D eigenvalue weighted by molar-refractivity contribution is 0.197. The predicted octanol–water partition coefficient (Wildman–Crippen LogP) is 1.20. The molecule has 144 valence electrons. The molecular formula is C20H19N3O5. The zero-order valence-corrected chi connectivity index (χ0v) is 15.1. The van der Waals surface area contributed by atoms with Crippen LogP contribution in [0.4, 0.5) is 0 Å². The van der Waals surface area contributed by atoms with Crippen molar-refractivity contribution in [2.45, 2.75) is 18.5 Å². The van der Waals surface area contributed by atoms with Crippen LogP contribution in [0.25, 0.3) is 21.5 Å². The van der Waals surface area contributed by atoms with Gasteiger partial charge in [0.25, 0.3) is 0 Å². The Morgan fingerprint density at radius 3 is 1.93 bits per heavy atom. The van der Waals surface area contributed by atoms with Crippen molar-refractivity contribution >= 4 is 21.5 Å². The third-order valence-corrected chi connectivity index (χ3v) is 5.80. The molecule has 0 bridgehead atoms. The molecule has 2 heterocycles. The smallest absolute Gasteiger partial charge is 0.154 e. The molecule has 3 aromatic carbocycles. The Bertz CT molecular complexity index is 1290. The zero-order valence-electron chi connectivity index (χ0n) is 15.1. The Kier molecular flexibility index (Phi) is 3.25. The van der Waals surface area contributed by atoms with E-state index in [2.05, 4.69) is 4.90 Å². The number of rotatable bonds is 0. The molecule has 1 fully saturated rings. The van der Waals surface area contributed by atoms with Crippen molar-refractivity contribution in [3.63, 3.8) is 0 Å². The molecule has 2 aliphatic rings. The quantitative estimate of drug-likeness (QED) is 0.294. The molecule has 8 nitrogen and oxygen atoms in total. The van der Waals surface area contributed by atoms with Crippen LogP contribution in [0.15, 0.2) is 28.2 Å². The SMILES string of the molecule is CN1CCC2(CC1)N=c1cc(O)c3c(O)c4c(O)ccc(O)c4c(O)c3c1=N2. The lowest BCUT2D eigenvalue weighted by Crippen LogP contribution is -2.39. The highest BCUT2D eigenvalue weighted by Gasteiger charge is 2.36. The second-order valence-corrected chi connectivity index (χ2v) is 7.57. The maximum absolute atomic E-state index is 11.0. The highest BCUT2D eigenvalue weighted by atomic mass is 16.3. The number of aromatic hydroxyl groups is 5. The molecule has 0 unspecified atom stereocenters. The Balaban J connectivity index is 1.95. The predicted molar refractivity (Wildman–Crippen MR) is 102 cm³/mol. The van der Waals surface area contributed by atoms with E-state index in [-0.39, 0.29) is 44.5 Å². The van der Waals surface area contributed by atoms with Crippen molar-refractivity contribution in [1.29, 1.82) is 0 Å². The molecule has 5 rings (SSSR count). The van der Waals surface area contributed by atoms with Crippen LogP contribution in [-0.2, 0) is 0 Å². The van der Waals surface area contributed by atoms with Crippen molar-refractivity contribution in [3.8, 4) is 28.7 Å². The molecule has 0 aromatic heterocycles. The van der Waals surface area contributed by atoms with Gasteiger partial charge >= 0.3 is 0 Å². The molecule has 1 spiro atoms. The zero-order chi connectivity index (χ0) is 19.8. The second kappa shape index (κ2) is 5.39. The normalized spacial score (nSPS) is 18.3. The van der Waals surface area contributed by atoms with Crippen molar-refractivity contribution in [1.82, 2.24) is 4.90 Å². The first-order valence-electron chi connectivity index (χ1n) is 9.04. The van der Waals surface area contributed by atoms with Crippen molar-refractivity contribution in [2.75, 3.05) is 20.1 Å². The van der Waals surface area contributed by atoms with E-state index >= 15 is 0 Å². The van der Waals surface area contributed by atoms with Gasteiger partial charge in [-0.05, 0) is 19.2 Å². The van der Waals surface area contributed by atoms with Gasteiger partial charge in [0, 0.05) is 32.0 Å². The van der Waals surface area contributed by atoms with E-state index in [1.807, 2.05) is 7.05 Å². The maximum Gasteiger partial charge on any atom is 0.154 e. The third-order valence-electron chi connectivity index (χ3n) is 5.80. The molecule has 2 aliphatic heterocycles. The van der Waals surface area contributed by atoms with E-state index in [0.29, 0.717) is 23.6 Å². The van der Waals surface area contributed by atoms with E-state index in [1.165, 1.54) is 18.2 Å². The number of likely N-dealkylation sites (tertiary alicyclic amines) is 1. The average molecular weight is 381 g/mol. The first-order valence-corrected chi connectivity index (χ1v) is 9.04. The summed E-state index contributed by atoms with van der Waals surface area (Å²) in [6.45, 7) is 1.64. The molecular weight excluding hydrogens is 362 g/mol. The fourth-order valence-corrected chi connectivity index (χ4v) is 4.28. The summed E-state index contributed by atoms with van der Waals surface area (Å²) in [5, 5.41) is 53.3. The van der Waals surface area contributed by atoms with Gasteiger partial charge in [-0.2, -0.15) is 0 Å². The Labute approximate surface area is 158 Å². The van der Waals surface area contributed by atoms with Crippen LogP contribution < -0.4 is 10.7 Å². The van der Waals surface area contributed by atoms with E-state index in [9.17, 15) is 25.5 Å². The Morgan fingerprint density at radius 2 is 1.32 bits per heavy atom. The van der Waals surface area contributed by atoms with Crippen molar-refractivity contribution < 1.29 is 25.5 Å². The summed E-state index contributed by atoms with van der Waals surface area (Å²) in [7, 11) is 2.03. The Hall–Kier alpha value is -3.26. The molecule has 0 radical (unpaired) electrons.